The zero-order chi connectivity index (χ0) is 22.9. The van der Waals surface area contributed by atoms with E-state index in [4.69, 9.17) is 23.0 Å². The largest absolute Gasteiger partial charge is 0.475 e. The SMILES string of the molecule is CO[C@@H](COCCCCCCCCCCCCc1cccc(I)c1)COP1(=O)OCCO1. The van der Waals surface area contributed by atoms with Gasteiger partial charge in [0.2, 0.25) is 0 Å². The molecule has 0 saturated carbocycles. The van der Waals surface area contributed by atoms with Crippen molar-refractivity contribution in [3.05, 3.63) is 33.4 Å². The summed E-state index contributed by atoms with van der Waals surface area (Å²) in [4.78, 5) is 0. The number of aryl methyl sites for hydroxylation is 1. The third kappa shape index (κ3) is 13.0. The lowest BCUT2D eigenvalue weighted by Crippen LogP contribution is -2.24. The Labute approximate surface area is 207 Å². The molecule has 0 radical (unpaired) electrons. The molecule has 0 bridgehead atoms. The molecule has 8 heteroatoms. The lowest BCUT2D eigenvalue weighted by molar-refractivity contribution is -0.0202. The topological polar surface area (TPSA) is 63.2 Å². The van der Waals surface area contributed by atoms with E-state index in [9.17, 15) is 4.57 Å². The zero-order valence-corrected chi connectivity index (χ0v) is 22.5. The minimum absolute atomic E-state index is 0.138. The van der Waals surface area contributed by atoms with Crippen molar-refractivity contribution in [2.24, 2.45) is 0 Å². The smallest absolute Gasteiger partial charge is 0.379 e. The Hall–Kier alpha value is -0.0200. The number of halogens is 1. The number of phosphoric acid groups is 1. The fourth-order valence-corrected chi connectivity index (χ4v) is 5.40. The number of methoxy groups -OCH3 is 1. The molecule has 32 heavy (non-hydrogen) atoms. The van der Waals surface area contributed by atoms with E-state index < -0.39 is 7.82 Å². The molecule has 1 atom stereocenters. The van der Waals surface area contributed by atoms with Gasteiger partial charge >= 0.3 is 7.82 Å². The lowest BCUT2D eigenvalue weighted by Gasteiger charge is -2.17. The van der Waals surface area contributed by atoms with Crippen LogP contribution in [0, 0.1) is 3.57 Å². The second-order valence-corrected chi connectivity index (χ2v) is 11.2. The van der Waals surface area contributed by atoms with Gasteiger partial charge in [0.15, 0.2) is 0 Å². The van der Waals surface area contributed by atoms with Gasteiger partial charge < -0.3 is 9.47 Å². The predicted octanol–water partition coefficient (Wildman–Crippen LogP) is 6.94. The van der Waals surface area contributed by atoms with E-state index in [1.807, 2.05) is 0 Å². The number of ether oxygens (including phenoxy) is 2. The van der Waals surface area contributed by atoms with E-state index in [0.29, 0.717) is 26.4 Å². The summed E-state index contributed by atoms with van der Waals surface area (Å²) >= 11 is 2.39. The first-order chi connectivity index (χ1) is 15.6. The normalized spacial score (nSPS) is 16.4. The second kappa shape index (κ2) is 17.4. The van der Waals surface area contributed by atoms with Crippen LogP contribution in [0.4, 0.5) is 0 Å². The van der Waals surface area contributed by atoms with E-state index in [0.717, 1.165) is 6.42 Å². The number of phosphoric ester groups is 1. The quantitative estimate of drug-likeness (QED) is 0.100. The van der Waals surface area contributed by atoms with Crippen molar-refractivity contribution < 1.29 is 27.6 Å². The molecule has 1 aromatic carbocycles. The first-order valence-electron chi connectivity index (χ1n) is 12.0. The summed E-state index contributed by atoms with van der Waals surface area (Å²) in [6.45, 7) is 1.88. The van der Waals surface area contributed by atoms with Gasteiger partial charge in [-0.2, -0.15) is 0 Å². The molecule has 1 aliphatic heterocycles. The summed E-state index contributed by atoms with van der Waals surface area (Å²) in [5.74, 6) is 0. The molecule has 1 heterocycles. The summed E-state index contributed by atoms with van der Waals surface area (Å²) in [5, 5.41) is 0. The van der Waals surface area contributed by atoms with E-state index in [1.165, 1.54) is 73.3 Å². The van der Waals surface area contributed by atoms with Gasteiger partial charge in [-0.25, -0.2) is 4.57 Å². The zero-order valence-electron chi connectivity index (χ0n) is 19.5. The highest BCUT2D eigenvalue weighted by atomic mass is 127. The number of unbranched alkanes of at least 4 members (excludes halogenated alkanes) is 9. The first kappa shape index (κ1) is 28.2. The Morgan fingerprint density at radius 1 is 0.938 bits per heavy atom. The van der Waals surface area contributed by atoms with Crippen molar-refractivity contribution in [2.45, 2.75) is 76.7 Å². The summed E-state index contributed by atoms with van der Waals surface area (Å²) in [5.41, 5.74) is 1.47. The Bertz CT molecular complexity index is 649. The molecule has 0 spiro atoms. The minimum Gasteiger partial charge on any atom is -0.379 e. The maximum atomic E-state index is 11.9. The van der Waals surface area contributed by atoms with E-state index in [1.54, 1.807) is 7.11 Å². The van der Waals surface area contributed by atoms with Gasteiger partial charge in [0.05, 0.1) is 26.4 Å². The number of rotatable bonds is 19. The Kier molecular flexibility index (Phi) is 15.4. The fourth-order valence-electron chi connectivity index (χ4n) is 3.62. The van der Waals surface area contributed by atoms with Crippen LogP contribution in [-0.4, -0.2) is 46.2 Å². The van der Waals surface area contributed by atoms with E-state index in [-0.39, 0.29) is 12.7 Å². The molecule has 0 amide bonds. The molecule has 6 nitrogen and oxygen atoms in total. The van der Waals surface area contributed by atoms with Crippen molar-refractivity contribution >= 4 is 30.4 Å². The highest BCUT2D eigenvalue weighted by Gasteiger charge is 2.32. The number of benzene rings is 1. The van der Waals surface area contributed by atoms with Crippen LogP contribution in [0.2, 0.25) is 0 Å². The molecule has 1 fully saturated rings. The molecular weight excluding hydrogens is 542 g/mol. The van der Waals surface area contributed by atoms with Crippen LogP contribution in [-0.2, 0) is 34.0 Å². The lowest BCUT2D eigenvalue weighted by atomic mass is 10.0. The maximum absolute atomic E-state index is 11.9. The monoisotopic (exact) mass is 582 g/mol. The van der Waals surface area contributed by atoms with Gasteiger partial charge in [-0.1, -0.05) is 63.5 Å². The van der Waals surface area contributed by atoms with Crippen molar-refractivity contribution in [2.75, 3.05) is 40.1 Å². The summed E-state index contributed by atoms with van der Waals surface area (Å²) in [6.07, 6.45) is 13.8. The molecule has 0 aromatic heterocycles. The number of hydrogen-bond donors (Lipinski definition) is 0. The molecule has 0 unspecified atom stereocenters. The Balaban J connectivity index is 1.32. The molecule has 1 aliphatic rings. The van der Waals surface area contributed by atoms with Gasteiger partial charge in [-0.05, 0) is 59.5 Å². The molecule has 1 saturated heterocycles. The van der Waals surface area contributed by atoms with Crippen molar-refractivity contribution in [3.8, 4) is 0 Å². The van der Waals surface area contributed by atoms with E-state index in [2.05, 4.69) is 46.9 Å². The average molecular weight is 582 g/mol. The van der Waals surface area contributed by atoms with Crippen LogP contribution in [0.1, 0.15) is 69.8 Å². The standard InChI is InChI=1S/C24H40IO6P/c1-27-24(21-31-32(26)29-17-18-30-32)20-28-16-11-9-7-5-3-2-4-6-8-10-13-22-14-12-15-23(25)19-22/h12,14-15,19,24H,2-11,13,16-18,20-21H2,1H3/t24-/m0/s1. The van der Waals surface area contributed by atoms with Crippen LogP contribution < -0.4 is 0 Å². The molecular formula is C24H40IO6P. The average Bonchev–Trinajstić information content (AvgIpc) is 3.22. The third-order valence-electron chi connectivity index (χ3n) is 5.53. The van der Waals surface area contributed by atoms with Gasteiger partial charge in [-0.3, -0.25) is 13.6 Å². The highest BCUT2D eigenvalue weighted by Crippen LogP contribution is 2.52. The molecule has 0 N–H and O–H groups in total. The number of hydrogen-bond acceptors (Lipinski definition) is 6. The minimum atomic E-state index is -3.36. The van der Waals surface area contributed by atoms with Crippen LogP contribution in [0.5, 0.6) is 0 Å². The third-order valence-corrected chi connectivity index (χ3v) is 7.66. The van der Waals surface area contributed by atoms with Crippen molar-refractivity contribution in [1.29, 1.82) is 0 Å². The van der Waals surface area contributed by atoms with Crippen LogP contribution in [0.25, 0.3) is 0 Å². The second-order valence-electron chi connectivity index (χ2n) is 8.26. The first-order valence-corrected chi connectivity index (χ1v) is 14.5. The van der Waals surface area contributed by atoms with E-state index >= 15 is 0 Å². The van der Waals surface area contributed by atoms with Gasteiger partial charge in [-0.15, -0.1) is 0 Å². The molecule has 1 aromatic rings. The molecule has 0 aliphatic carbocycles. The molecule has 184 valence electrons. The fraction of sp³-hybridized carbons (Fsp3) is 0.750. The van der Waals surface area contributed by atoms with Gasteiger partial charge in [0.1, 0.15) is 6.10 Å². The Morgan fingerprint density at radius 3 is 2.19 bits per heavy atom. The predicted molar refractivity (Wildman–Crippen MR) is 136 cm³/mol. The molecule has 2 rings (SSSR count). The highest BCUT2D eigenvalue weighted by molar-refractivity contribution is 14.1. The summed E-state index contributed by atoms with van der Waals surface area (Å²) in [7, 11) is -1.77. The van der Waals surface area contributed by atoms with Gasteiger partial charge in [0, 0.05) is 17.3 Å². The summed E-state index contributed by atoms with van der Waals surface area (Å²) < 4.78 is 39.5. The Morgan fingerprint density at radius 2 is 1.56 bits per heavy atom. The van der Waals surface area contributed by atoms with Gasteiger partial charge in [0.25, 0.3) is 0 Å². The van der Waals surface area contributed by atoms with Crippen LogP contribution in [0.3, 0.4) is 0 Å². The maximum Gasteiger partial charge on any atom is 0.475 e. The summed E-state index contributed by atoms with van der Waals surface area (Å²) in [6, 6.07) is 8.84. The van der Waals surface area contributed by atoms with Crippen molar-refractivity contribution in [3.63, 3.8) is 0 Å². The van der Waals surface area contributed by atoms with Crippen LogP contribution >= 0.6 is 30.4 Å². The van der Waals surface area contributed by atoms with Crippen molar-refractivity contribution in [1.82, 2.24) is 0 Å². The van der Waals surface area contributed by atoms with Crippen LogP contribution in [0.15, 0.2) is 24.3 Å².